The van der Waals surface area contributed by atoms with Crippen LogP contribution in [0.25, 0.3) is 0 Å². The van der Waals surface area contributed by atoms with Gasteiger partial charge in [0.05, 0.1) is 6.61 Å². The van der Waals surface area contributed by atoms with Gasteiger partial charge in [-0.05, 0) is 32.0 Å². The lowest BCUT2D eigenvalue weighted by Crippen LogP contribution is -2.25. The largest absolute Gasteiger partial charge is 0.491 e. The summed E-state index contributed by atoms with van der Waals surface area (Å²) >= 11 is 0. The molecule has 1 heterocycles. The van der Waals surface area contributed by atoms with Gasteiger partial charge in [0, 0.05) is 18.3 Å². The molecule has 0 saturated carbocycles. The Morgan fingerprint density at radius 2 is 2.00 bits per heavy atom. The Balaban J connectivity index is 2.25. The predicted molar refractivity (Wildman–Crippen MR) is 87.2 cm³/mol. The lowest BCUT2D eigenvalue weighted by molar-refractivity contribution is -0.0504. The van der Waals surface area contributed by atoms with Gasteiger partial charge in [0.2, 0.25) is 5.03 Å². The van der Waals surface area contributed by atoms with Crippen molar-refractivity contribution in [2.45, 2.75) is 32.0 Å². The molecule has 1 N–H and O–H groups in total. The first-order valence-corrected chi connectivity index (χ1v) is 8.93. The Morgan fingerprint density at radius 3 is 2.68 bits per heavy atom. The van der Waals surface area contributed by atoms with Crippen molar-refractivity contribution in [3.8, 4) is 11.5 Å². The molecule has 0 radical (unpaired) electrons. The molecular weight excluding hydrogens is 354 g/mol. The van der Waals surface area contributed by atoms with E-state index in [0.29, 0.717) is 0 Å². The number of hydrogen-bond donors (Lipinski definition) is 1. The van der Waals surface area contributed by atoms with Gasteiger partial charge in [0.15, 0.2) is 5.75 Å². The molecular formula is C16H18F2N2O4S. The van der Waals surface area contributed by atoms with E-state index in [-0.39, 0.29) is 35.2 Å². The number of nitrogens with zero attached hydrogens (tertiary/aromatic N) is 1. The minimum atomic E-state index is -4.00. The number of benzene rings is 1. The summed E-state index contributed by atoms with van der Waals surface area (Å²) < 4.78 is 62.0. The SMILES string of the molecule is CCOc1cccnc1S(=O)(=O)NCc1cc(C)ccc1OC(F)F. The number of halogens is 2. The van der Waals surface area contributed by atoms with E-state index in [1.807, 2.05) is 0 Å². The van der Waals surface area contributed by atoms with E-state index < -0.39 is 16.6 Å². The minimum Gasteiger partial charge on any atom is -0.491 e. The Morgan fingerprint density at radius 1 is 1.24 bits per heavy atom. The number of nitrogens with one attached hydrogen (secondary N) is 1. The van der Waals surface area contributed by atoms with Crippen LogP contribution >= 0.6 is 0 Å². The van der Waals surface area contributed by atoms with Crippen molar-refractivity contribution < 1.29 is 26.7 Å². The molecule has 0 saturated heterocycles. The van der Waals surface area contributed by atoms with Crippen molar-refractivity contribution in [1.82, 2.24) is 9.71 Å². The summed E-state index contributed by atoms with van der Waals surface area (Å²) in [4.78, 5) is 3.84. The van der Waals surface area contributed by atoms with Crippen LogP contribution in [-0.4, -0.2) is 26.6 Å². The highest BCUT2D eigenvalue weighted by molar-refractivity contribution is 7.89. The van der Waals surface area contributed by atoms with Crippen LogP contribution in [-0.2, 0) is 16.6 Å². The molecule has 0 aliphatic carbocycles. The second kappa shape index (κ2) is 8.21. The normalized spacial score (nSPS) is 11.6. The van der Waals surface area contributed by atoms with Crippen molar-refractivity contribution >= 4 is 10.0 Å². The molecule has 1 aromatic carbocycles. The van der Waals surface area contributed by atoms with E-state index in [1.54, 1.807) is 32.0 Å². The first-order valence-electron chi connectivity index (χ1n) is 7.45. The molecule has 9 heteroatoms. The first-order chi connectivity index (χ1) is 11.8. The van der Waals surface area contributed by atoms with Gasteiger partial charge in [-0.3, -0.25) is 0 Å². The van der Waals surface area contributed by atoms with Crippen molar-refractivity contribution in [1.29, 1.82) is 0 Å². The summed E-state index contributed by atoms with van der Waals surface area (Å²) in [5.41, 5.74) is 1.07. The standard InChI is InChI=1S/C16H18F2N2O4S/c1-3-23-14-5-4-8-19-15(14)25(21,22)20-10-12-9-11(2)6-7-13(12)24-16(17)18/h4-9,16,20H,3,10H2,1-2H3. The Hall–Kier alpha value is -2.26. The molecule has 0 bridgehead atoms. The number of hydrogen-bond acceptors (Lipinski definition) is 5. The quantitative estimate of drug-likeness (QED) is 0.771. The van der Waals surface area contributed by atoms with Gasteiger partial charge in [-0.15, -0.1) is 0 Å². The number of aryl methyl sites for hydroxylation is 1. The van der Waals surface area contributed by atoms with Crippen LogP contribution in [0.1, 0.15) is 18.1 Å². The van der Waals surface area contributed by atoms with E-state index in [4.69, 9.17) is 4.74 Å². The van der Waals surface area contributed by atoms with E-state index in [0.717, 1.165) is 5.56 Å². The van der Waals surface area contributed by atoms with Crippen LogP contribution < -0.4 is 14.2 Å². The van der Waals surface area contributed by atoms with E-state index in [1.165, 1.54) is 18.3 Å². The molecule has 0 aliphatic heterocycles. The lowest BCUT2D eigenvalue weighted by atomic mass is 10.1. The summed E-state index contributed by atoms with van der Waals surface area (Å²) in [5, 5.41) is -0.263. The number of sulfonamides is 1. The highest BCUT2D eigenvalue weighted by Crippen LogP contribution is 2.24. The van der Waals surface area contributed by atoms with Crippen LogP contribution in [0.3, 0.4) is 0 Å². The summed E-state index contributed by atoms with van der Waals surface area (Å²) in [6.45, 7) is 0.527. The number of pyridine rings is 1. The Bertz CT molecular complexity index is 829. The molecule has 2 rings (SSSR count). The molecule has 0 aliphatic rings. The monoisotopic (exact) mass is 372 g/mol. The third-order valence-corrected chi connectivity index (χ3v) is 4.52. The topological polar surface area (TPSA) is 77.5 Å². The fourth-order valence-electron chi connectivity index (χ4n) is 2.14. The summed E-state index contributed by atoms with van der Waals surface area (Å²) in [6, 6.07) is 7.59. The molecule has 0 atom stereocenters. The summed E-state index contributed by atoms with van der Waals surface area (Å²) in [6.07, 6.45) is 1.33. The van der Waals surface area contributed by atoms with Gasteiger partial charge >= 0.3 is 6.61 Å². The molecule has 1 aromatic heterocycles. The molecule has 0 fully saturated rings. The third-order valence-electron chi connectivity index (χ3n) is 3.18. The number of aromatic nitrogens is 1. The van der Waals surface area contributed by atoms with Gasteiger partial charge in [-0.2, -0.15) is 8.78 Å². The van der Waals surface area contributed by atoms with E-state index in [2.05, 4.69) is 14.4 Å². The van der Waals surface area contributed by atoms with Gasteiger partial charge in [-0.1, -0.05) is 17.7 Å². The molecule has 0 spiro atoms. The van der Waals surface area contributed by atoms with E-state index >= 15 is 0 Å². The second-order valence-electron chi connectivity index (χ2n) is 5.05. The number of rotatable bonds is 8. The molecule has 2 aromatic rings. The smallest absolute Gasteiger partial charge is 0.387 e. The molecule has 0 amide bonds. The minimum absolute atomic E-state index is 0.0886. The first kappa shape index (κ1) is 19.1. The van der Waals surface area contributed by atoms with Crippen LogP contribution in [0.4, 0.5) is 8.78 Å². The second-order valence-corrected chi connectivity index (χ2v) is 6.74. The van der Waals surface area contributed by atoms with Gasteiger partial charge < -0.3 is 9.47 Å². The maximum atomic E-state index is 12.5. The molecule has 136 valence electrons. The highest BCUT2D eigenvalue weighted by atomic mass is 32.2. The lowest BCUT2D eigenvalue weighted by Gasteiger charge is -2.13. The molecule has 25 heavy (non-hydrogen) atoms. The zero-order valence-corrected chi connectivity index (χ0v) is 14.5. The van der Waals surface area contributed by atoms with Crippen LogP contribution in [0.15, 0.2) is 41.6 Å². The van der Waals surface area contributed by atoms with Gasteiger partial charge in [0.1, 0.15) is 5.75 Å². The summed E-state index contributed by atoms with van der Waals surface area (Å²) in [7, 11) is -4.00. The fourth-order valence-corrected chi connectivity index (χ4v) is 3.22. The maximum absolute atomic E-state index is 12.5. The highest BCUT2D eigenvalue weighted by Gasteiger charge is 2.22. The van der Waals surface area contributed by atoms with Crippen molar-refractivity contribution in [2.75, 3.05) is 6.61 Å². The average molecular weight is 372 g/mol. The average Bonchev–Trinajstić information content (AvgIpc) is 2.55. The molecule has 0 unspecified atom stereocenters. The van der Waals surface area contributed by atoms with Gasteiger partial charge in [0.25, 0.3) is 10.0 Å². The van der Waals surface area contributed by atoms with Crippen LogP contribution in [0.5, 0.6) is 11.5 Å². The van der Waals surface area contributed by atoms with Gasteiger partial charge in [-0.25, -0.2) is 18.1 Å². The Kier molecular flexibility index (Phi) is 6.27. The van der Waals surface area contributed by atoms with Crippen molar-refractivity contribution in [3.05, 3.63) is 47.7 Å². The predicted octanol–water partition coefficient (Wildman–Crippen LogP) is 2.87. The third kappa shape index (κ3) is 5.10. The van der Waals surface area contributed by atoms with Crippen molar-refractivity contribution in [2.24, 2.45) is 0 Å². The van der Waals surface area contributed by atoms with E-state index in [9.17, 15) is 17.2 Å². The molecule has 6 nitrogen and oxygen atoms in total. The zero-order valence-electron chi connectivity index (χ0n) is 13.7. The zero-order chi connectivity index (χ0) is 18.4. The Labute approximate surface area is 144 Å². The van der Waals surface area contributed by atoms with Crippen molar-refractivity contribution in [3.63, 3.8) is 0 Å². The fraction of sp³-hybridized carbons (Fsp3) is 0.312. The number of ether oxygens (including phenoxy) is 2. The maximum Gasteiger partial charge on any atom is 0.387 e. The number of alkyl halides is 2. The van der Waals surface area contributed by atoms with Crippen LogP contribution in [0, 0.1) is 6.92 Å². The summed E-state index contributed by atoms with van der Waals surface area (Å²) in [5.74, 6) is 0.0279. The van der Waals surface area contributed by atoms with Crippen LogP contribution in [0.2, 0.25) is 0 Å².